The zero-order valence-corrected chi connectivity index (χ0v) is 24.7. The van der Waals surface area contributed by atoms with Gasteiger partial charge in [0, 0.05) is 32.1 Å². The number of rotatable bonds is 14. The average Bonchev–Trinajstić information content (AvgIpc) is 3.25. The lowest BCUT2D eigenvalue weighted by atomic mass is 10.1. The van der Waals surface area contributed by atoms with Gasteiger partial charge in [-0.05, 0) is 78.6 Å². The summed E-state index contributed by atoms with van der Waals surface area (Å²) in [6.45, 7) is 3.15. The molecule has 4 rings (SSSR count). The summed E-state index contributed by atoms with van der Waals surface area (Å²) in [4.78, 5) is 38.2. The molecule has 1 fully saturated rings. The van der Waals surface area contributed by atoms with Crippen molar-refractivity contribution >= 4 is 37.7 Å². The monoisotopic (exact) mass is 585 g/mol. The van der Waals surface area contributed by atoms with Crippen molar-refractivity contribution < 1.29 is 18.7 Å². The van der Waals surface area contributed by atoms with Gasteiger partial charge in [0.15, 0.2) is 6.61 Å². The van der Waals surface area contributed by atoms with E-state index in [0.29, 0.717) is 63.4 Å². The third kappa shape index (κ3) is 9.02. The second kappa shape index (κ2) is 15.9. The van der Waals surface area contributed by atoms with Crippen LogP contribution in [-0.4, -0.2) is 62.1 Å². The van der Waals surface area contributed by atoms with Crippen LogP contribution in [0, 0.1) is 10.7 Å². The highest BCUT2D eigenvalue weighted by atomic mass is 31.0. The molecule has 1 saturated carbocycles. The maximum atomic E-state index is 13.5. The second-order valence-electron chi connectivity index (χ2n) is 10.7. The van der Waals surface area contributed by atoms with E-state index in [4.69, 9.17) is 4.74 Å². The Hall–Kier alpha value is -2.94. The maximum Gasteiger partial charge on any atom is 0.262 e. The van der Waals surface area contributed by atoms with Crippen LogP contribution in [-0.2, 0) is 22.4 Å². The summed E-state index contributed by atoms with van der Waals surface area (Å²) >= 11 is 0. The lowest BCUT2D eigenvalue weighted by molar-refractivity contribution is -0.133. The van der Waals surface area contributed by atoms with Gasteiger partial charge in [0.2, 0.25) is 5.91 Å². The van der Waals surface area contributed by atoms with E-state index in [2.05, 4.69) is 35.3 Å². The number of hydrogen-bond acceptors (Lipinski definition) is 7. The molecule has 9 nitrogen and oxygen atoms in total. The number of anilines is 1. The Balaban J connectivity index is 1.25. The van der Waals surface area contributed by atoms with Gasteiger partial charge in [0.25, 0.3) is 5.91 Å². The number of amides is 2. The molecule has 1 aliphatic carbocycles. The molecule has 2 aromatic carbocycles. The van der Waals surface area contributed by atoms with Crippen LogP contribution in [0.3, 0.4) is 0 Å². The van der Waals surface area contributed by atoms with Crippen LogP contribution >= 0.6 is 9.24 Å². The lowest BCUT2D eigenvalue weighted by Crippen LogP contribution is -2.45. The van der Waals surface area contributed by atoms with Gasteiger partial charge in [-0.15, -0.1) is 14.1 Å². The van der Waals surface area contributed by atoms with Crippen molar-refractivity contribution in [2.75, 3.05) is 44.6 Å². The van der Waals surface area contributed by atoms with E-state index in [9.17, 15) is 18.9 Å². The molecule has 3 N–H and O–H groups in total. The van der Waals surface area contributed by atoms with E-state index in [0.717, 1.165) is 42.1 Å². The Kier molecular flexibility index (Phi) is 12.0. The molecular weight excluding hydrogens is 544 g/mol. The number of fused-ring (bicyclic) bond motifs is 1. The number of ether oxygens (including phenoxy) is 1. The number of benzene rings is 2. The number of hydrogen-bond donors (Lipinski definition) is 3. The smallest absolute Gasteiger partial charge is 0.262 e. The summed E-state index contributed by atoms with van der Waals surface area (Å²) in [5, 5.41) is 13.5. The Labute approximate surface area is 243 Å². The molecule has 0 radical (unpaired) electrons. The van der Waals surface area contributed by atoms with E-state index in [-0.39, 0.29) is 36.0 Å². The fourth-order valence-corrected chi connectivity index (χ4v) is 5.92. The first kappa shape index (κ1) is 31.0. The molecule has 0 aromatic heterocycles. The van der Waals surface area contributed by atoms with Gasteiger partial charge in [-0.1, -0.05) is 37.8 Å². The van der Waals surface area contributed by atoms with Gasteiger partial charge in [-0.25, -0.2) is 4.39 Å². The van der Waals surface area contributed by atoms with E-state index in [1.807, 2.05) is 0 Å². The van der Waals surface area contributed by atoms with Crippen molar-refractivity contribution in [1.29, 1.82) is 0 Å². The van der Waals surface area contributed by atoms with Crippen LogP contribution in [0.2, 0.25) is 0 Å². The Bertz CT molecular complexity index is 1210. The lowest BCUT2D eigenvalue weighted by Gasteiger charge is -2.32. The van der Waals surface area contributed by atoms with Crippen LogP contribution in [0.4, 0.5) is 15.8 Å². The minimum Gasteiger partial charge on any atom is -0.481 e. The molecule has 222 valence electrons. The van der Waals surface area contributed by atoms with Crippen LogP contribution in [0.1, 0.15) is 56.1 Å². The van der Waals surface area contributed by atoms with Crippen LogP contribution in [0.15, 0.2) is 35.5 Å². The largest absolute Gasteiger partial charge is 0.481 e. The highest BCUT2D eigenvalue weighted by molar-refractivity contribution is 7.27. The van der Waals surface area contributed by atoms with Crippen molar-refractivity contribution in [3.8, 4) is 5.75 Å². The van der Waals surface area contributed by atoms with E-state index < -0.39 is 0 Å². The first-order valence-electron chi connectivity index (χ1n) is 14.6. The molecule has 2 aliphatic rings. The molecule has 0 spiro atoms. The number of carbonyl (C=O) groups excluding carboxylic acids is 2. The van der Waals surface area contributed by atoms with E-state index in [1.54, 1.807) is 24.3 Å². The normalized spacial score (nSPS) is 15.4. The number of nitrogens with one attached hydrogen (secondary N) is 3. The highest BCUT2D eigenvalue weighted by Gasteiger charge is 2.25. The van der Waals surface area contributed by atoms with Gasteiger partial charge in [0.1, 0.15) is 22.9 Å². The third-order valence-electron chi connectivity index (χ3n) is 7.81. The Morgan fingerprint density at radius 2 is 1.76 bits per heavy atom. The summed E-state index contributed by atoms with van der Waals surface area (Å²) in [5.41, 5.74) is 2.32. The molecule has 1 atom stereocenters. The SMILES string of the molecule is O=Nc1ccc(CCNCCN(C(=O)CCNCCc2cc(F)ccc2P)C2CCCCCC2)c2c1NC(=O)CO2. The van der Waals surface area contributed by atoms with Gasteiger partial charge >= 0.3 is 0 Å². The zero-order valence-electron chi connectivity index (χ0n) is 23.6. The third-order valence-corrected chi connectivity index (χ3v) is 8.37. The number of nitrogens with zero attached hydrogens (tertiary/aromatic N) is 2. The fourth-order valence-electron chi connectivity index (χ4n) is 5.59. The molecule has 2 aromatic rings. The predicted molar refractivity (Wildman–Crippen MR) is 163 cm³/mol. The van der Waals surface area contributed by atoms with Crippen LogP contribution < -0.4 is 26.0 Å². The number of nitroso groups, excluding NO2 is 1. The number of carbonyl (C=O) groups is 2. The van der Waals surface area contributed by atoms with Crippen molar-refractivity contribution in [2.45, 2.75) is 63.8 Å². The van der Waals surface area contributed by atoms with Crippen molar-refractivity contribution in [2.24, 2.45) is 5.18 Å². The predicted octanol–water partition coefficient (Wildman–Crippen LogP) is 3.96. The molecule has 1 unspecified atom stereocenters. The Morgan fingerprint density at radius 3 is 2.51 bits per heavy atom. The average molecular weight is 586 g/mol. The van der Waals surface area contributed by atoms with Gasteiger partial charge in [-0.2, -0.15) is 0 Å². The first-order chi connectivity index (χ1) is 20.0. The molecule has 0 bridgehead atoms. The summed E-state index contributed by atoms with van der Waals surface area (Å²) in [7, 11) is 2.64. The van der Waals surface area contributed by atoms with E-state index in [1.165, 1.54) is 18.9 Å². The van der Waals surface area contributed by atoms with E-state index >= 15 is 0 Å². The topological polar surface area (TPSA) is 112 Å². The van der Waals surface area contributed by atoms with Gasteiger partial charge in [0.05, 0.1) is 0 Å². The fraction of sp³-hybridized carbons (Fsp3) is 0.533. The second-order valence-corrected chi connectivity index (χ2v) is 11.3. The van der Waals surface area contributed by atoms with Crippen molar-refractivity contribution in [1.82, 2.24) is 15.5 Å². The number of halogens is 1. The van der Waals surface area contributed by atoms with Crippen LogP contribution in [0.5, 0.6) is 5.75 Å². The molecule has 41 heavy (non-hydrogen) atoms. The summed E-state index contributed by atoms with van der Waals surface area (Å²) in [6, 6.07) is 8.45. The summed E-state index contributed by atoms with van der Waals surface area (Å²) in [6.07, 6.45) is 8.61. The molecule has 11 heteroatoms. The van der Waals surface area contributed by atoms with Crippen molar-refractivity contribution in [3.63, 3.8) is 0 Å². The highest BCUT2D eigenvalue weighted by Crippen LogP contribution is 2.39. The molecule has 0 saturated heterocycles. The molecule has 2 amide bonds. The maximum absolute atomic E-state index is 13.5. The summed E-state index contributed by atoms with van der Waals surface area (Å²) < 4.78 is 19.2. The first-order valence-corrected chi connectivity index (χ1v) is 15.2. The summed E-state index contributed by atoms with van der Waals surface area (Å²) in [5.74, 6) is 0.122. The Morgan fingerprint density at radius 1 is 1.02 bits per heavy atom. The van der Waals surface area contributed by atoms with Gasteiger partial charge < -0.3 is 25.6 Å². The zero-order chi connectivity index (χ0) is 29.0. The molecular formula is C30H41FN5O4P. The minimum atomic E-state index is -0.308. The van der Waals surface area contributed by atoms with Crippen molar-refractivity contribution in [3.05, 3.63) is 52.2 Å². The van der Waals surface area contributed by atoms with Gasteiger partial charge in [-0.3, -0.25) is 9.59 Å². The quantitative estimate of drug-likeness (QED) is 0.134. The molecule has 1 heterocycles. The van der Waals surface area contributed by atoms with Crippen LogP contribution in [0.25, 0.3) is 0 Å². The molecule has 1 aliphatic heterocycles. The minimum absolute atomic E-state index is 0.0907. The standard InChI is InChI=1S/C30H41FN5O4P/c31-23-8-10-26(41)22(19-23)12-15-32-16-13-28(38)36(24-5-3-1-2-4-6-24)18-17-33-14-11-21-7-9-25(35-39)29-30(21)40-20-27(37)34-29/h7-10,19,24,32-33H,1-6,11-18,20,41H2,(H,34,37).